The van der Waals surface area contributed by atoms with Crippen LogP contribution in [0, 0.1) is 18.8 Å². The number of aromatic nitrogens is 1. The topological polar surface area (TPSA) is 70.5 Å². The fraction of sp³-hybridized carbons (Fsp3) is 0.350. The third kappa shape index (κ3) is 3.55. The molecule has 2 heterocycles. The molecule has 0 aliphatic carbocycles. The Morgan fingerprint density at radius 2 is 1.88 bits per heavy atom. The van der Waals surface area contributed by atoms with Crippen LogP contribution in [0.4, 0.5) is 0 Å². The van der Waals surface area contributed by atoms with E-state index in [1.807, 2.05) is 56.3 Å². The number of rotatable bonds is 3. The third-order valence-electron chi connectivity index (χ3n) is 4.90. The van der Waals surface area contributed by atoms with Gasteiger partial charge in [0.05, 0.1) is 22.9 Å². The number of nitrogens with zero attached hydrogens (tertiary/aromatic N) is 2. The number of hydrogen-bond acceptors (Lipinski definition) is 3. The average molecular weight is 338 g/mol. The number of likely N-dealkylation sites (tertiary alicyclic amines) is 1. The molecular formula is C20H22N2O3. The summed E-state index contributed by atoms with van der Waals surface area (Å²) in [5.41, 5.74) is 3.13. The summed E-state index contributed by atoms with van der Waals surface area (Å²) in [7, 11) is 0. The van der Waals surface area contributed by atoms with Gasteiger partial charge in [-0.15, -0.1) is 0 Å². The summed E-state index contributed by atoms with van der Waals surface area (Å²) in [5.74, 6) is -1.26. The molecule has 5 heteroatoms. The maximum Gasteiger partial charge on any atom is 0.306 e. The van der Waals surface area contributed by atoms with Gasteiger partial charge in [0.2, 0.25) is 0 Å². The monoisotopic (exact) mass is 338 g/mol. The predicted molar refractivity (Wildman–Crippen MR) is 95.2 cm³/mol. The molecule has 0 saturated carbocycles. The van der Waals surface area contributed by atoms with Gasteiger partial charge in [0, 0.05) is 18.7 Å². The van der Waals surface area contributed by atoms with Crippen molar-refractivity contribution < 1.29 is 14.7 Å². The van der Waals surface area contributed by atoms with Crippen molar-refractivity contribution >= 4 is 11.9 Å². The molecule has 1 amide bonds. The van der Waals surface area contributed by atoms with Crippen molar-refractivity contribution in [2.75, 3.05) is 13.1 Å². The van der Waals surface area contributed by atoms with E-state index in [0.29, 0.717) is 30.8 Å². The maximum absolute atomic E-state index is 12.8. The molecule has 1 aromatic heterocycles. The van der Waals surface area contributed by atoms with Crippen LogP contribution in [0.5, 0.6) is 0 Å². The molecule has 0 radical (unpaired) electrons. The first kappa shape index (κ1) is 17.1. The molecule has 5 nitrogen and oxygen atoms in total. The fourth-order valence-corrected chi connectivity index (χ4v) is 3.42. The van der Waals surface area contributed by atoms with E-state index >= 15 is 0 Å². The first-order chi connectivity index (χ1) is 12.0. The van der Waals surface area contributed by atoms with Gasteiger partial charge in [0.1, 0.15) is 0 Å². The Kier molecular flexibility index (Phi) is 4.83. The van der Waals surface area contributed by atoms with Crippen LogP contribution in [0.1, 0.15) is 29.4 Å². The third-order valence-corrected chi connectivity index (χ3v) is 4.90. The van der Waals surface area contributed by atoms with E-state index in [-0.39, 0.29) is 17.7 Å². The smallest absolute Gasteiger partial charge is 0.306 e. The van der Waals surface area contributed by atoms with Crippen LogP contribution in [0.3, 0.4) is 0 Å². The normalized spacial score (nSPS) is 20.3. The van der Waals surface area contributed by atoms with Crippen LogP contribution in [0.25, 0.3) is 11.3 Å². The van der Waals surface area contributed by atoms with E-state index in [2.05, 4.69) is 4.98 Å². The number of carboxylic acids is 1. The highest BCUT2D eigenvalue weighted by molar-refractivity contribution is 5.95. The lowest BCUT2D eigenvalue weighted by molar-refractivity contribution is -0.145. The lowest BCUT2D eigenvalue weighted by Gasteiger charge is -2.35. The van der Waals surface area contributed by atoms with E-state index in [4.69, 9.17) is 0 Å². The van der Waals surface area contributed by atoms with Crippen molar-refractivity contribution in [3.05, 3.63) is 53.7 Å². The van der Waals surface area contributed by atoms with E-state index in [0.717, 1.165) is 11.3 Å². The number of hydrogen-bond donors (Lipinski definition) is 1. The Balaban J connectivity index is 1.78. The number of aliphatic carboxylic acids is 1. The second-order valence-electron chi connectivity index (χ2n) is 6.66. The molecule has 25 heavy (non-hydrogen) atoms. The number of carbonyl (C=O) groups is 2. The second kappa shape index (κ2) is 7.05. The van der Waals surface area contributed by atoms with E-state index in [1.165, 1.54) is 0 Å². The molecule has 1 aromatic carbocycles. The van der Waals surface area contributed by atoms with Crippen LogP contribution >= 0.6 is 0 Å². The Hall–Kier alpha value is -2.69. The van der Waals surface area contributed by atoms with E-state index in [1.54, 1.807) is 4.90 Å². The van der Waals surface area contributed by atoms with Gasteiger partial charge in [0.25, 0.3) is 5.91 Å². The van der Waals surface area contributed by atoms with Crippen molar-refractivity contribution in [1.82, 2.24) is 9.88 Å². The molecule has 130 valence electrons. The van der Waals surface area contributed by atoms with E-state index in [9.17, 15) is 14.7 Å². The molecule has 1 N–H and O–H groups in total. The van der Waals surface area contributed by atoms with Crippen LogP contribution in [0.15, 0.2) is 42.5 Å². The number of amides is 1. The van der Waals surface area contributed by atoms with Gasteiger partial charge in [-0.05, 0) is 31.4 Å². The minimum atomic E-state index is -0.773. The molecule has 3 rings (SSSR count). The summed E-state index contributed by atoms with van der Waals surface area (Å²) in [6.45, 7) is 4.67. The van der Waals surface area contributed by atoms with Crippen LogP contribution in [-0.4, -0.2) is 40.0 Å². The number of benzene rings is 1. The highest BCUT2D eigenvalue weighted by atomic mass is 16.4. The van der Waals surface area contributed by atoms with Gasteiger partial charge >= 0.3 is 5.97 Å². The van der Waals surface area contributed by atoms with Gasteiger partial charge in [-0.2, -0.15) is 0 Å². The SMILES string of the molecule is Cc1nc(-c2ccccc2)ccc1C(=O)N1CCC(C(=O)O)C(C)C1. The summed E-state index contributed by atoms with van der Waals surface area (Å²) in [4.78, 5) is 30.4. The zero-order valence-corrected chi connectivity index (χ0v) is 14.5. The number of carbonyl (C=O) groups excluding carboxylic acids is 1. The number of pyridine rings is 1. The van der Waals surface area contributed by atoms with Gasteiger partial charge in [0.15, 0.2) is 0 Å². The molecule has 1 aliphatic heterocycles. The Labute approximate surface area is 147 Å². The van der Waals surface area contributed by atoms with Crippen molar-refractivity contribution in [2.24, 2.45) is 11.8 Å². The minimum absolute atomic E-state index is 0.0490. The number of carboxylic acid groups (broad SMARTS) is 1. The highest BCUT2D eigenvalue weighted by Gasteiger charge is 2.33. The van der Waals surface area contributed by atoms with Gasteiger partial charge in [-0.3, -0.25) is 14.6 Å². The molecule has 1 saturated heterocycles. The molecule has 1 aliphatic rings. The summed E-state index contributed by atoms with van der Waals surface area (Å²) in [6.07, 6.45) is 0.497. The molecular weight excluding hydrogens is 316 g/mol. The molecule has 0 spiro atoms. The quantitative estimate of drug-likeness (QED) is 0.933. The molecule has 2 aromatic rings. The molecule has 1 fully saturated rings. The second-order valence-corrected chi connectivity index (χ2v) is 6.66. The largest absolute Gasteiger partial charge is 0.481 e. The van der Waals surface area contributed by atoms with Crippen molar-refractivity contribution in [3.63, 3.8) is 0 Å². The molecule has 2 atom stereocenters. The Morgan fingerprint density at radius 3 is 2.48 bits per heavy atom. The fourth-order valence-electron chi connectivity index (χ4n) is 3.42. The minimum Gasteiger partial charge on any atom is -0.481 e. The van der Waals surface area contributed by atoms with Crippen molar-refractivity contribution in [3.8, 4) is 11.3 Å². The van der Waals surface area contributed by atoms with Crippen molar-refractivity contribution in [1.29, 1.82) is 0 Å². The number of piperidine rings is 1. The lowest BCUT2D eigenvalue weighted by atomic mass is 9.86. The summed E-state index contributed by atoms with van der Waals surface area (Å²) in [6, 6.07) is 13.5. The summed E-state index contributed by atoms with van der Waals surface area (Å²) >= 11 is 0. The van der Waals surface area contributed by atoms with Gasteiger partial charge in [-0.1, -0.05) is 37.3 Å². The average Bonchev–Trinajstić information content (AvgIpc) is 2.61. The molecule has 2 unspecified atom stereocenters. The summed E-state index contributed by atoms with van der Waals surface area (Å²) in [5, 5.41) is 9.22. The zero-order chi connectivity index (χ0) is 18.0. The first-order valence-corrected chi connectivity index (χ1v) is 8.52. The van der Waals surface area contributed by atoms with Crippen molar-refractivity contribution in [2.45, 2.75) is 20.3 Å². The maximum atomic E-state index is 12.8. The van der Waals surface area contributed by atoms with Crippen LogP contribution < -0.4 is 0 Å². The van der Waals surface area contributed by atoms with Crippen LogP contribution in [-0.2, 0) is 4.79 Å². The Bertz CT molecular complexity index is 789. The van der Waals surface area contributed by atoms with Gasteiger partial charge < -0.3 is 10.0 Å². The standard InChI is InChI=1S/C20H22N2O3/c1-13-12-22(11-10-16(13)20(24)25)19(23)17-8-9-18(21-14(17)2)15-6-4-3-5-7-15/h3-9,13,16H,10-12H2,1-2H3,(H,24,25). The first-order valence-electron chi connectivity index (χ1n) is 8.52. The molecule has 0 bridgehead atoms. The Morgan fingerprint density at radius 1 is 1.16 bits per heavy atom. The lowest BCUT2D eigenvalue weighted by Crippen LogP contribution is -2.45. The summed E-state index contributed by atoms with van der Waals surface area (Å²) < 4.78 is 0. The number of aryl methyl sites for hydroxylation is 1. The predicted octanol–water partition coefficient (Wildman–Crippen LogP) is 3.24. The van der Waals surface area contributed by atoms with Crippen LogP contribution in [0.2, 0.25) is 0 Å². The highest BCUT2D eigenvalue weighted by Crippen LogP contribution is 2.26. The van der Waals surface area contributed by atoms with Gasteiger partial charge in [-0.25, -0.2) is 0 Å². The zero-order valence-electron chi connectivity index (χ0n) is 14.5. The van der Waals surface area contributed by atoms with E-state index < -0.39 is 5.97 Å².